The van der Waals surface area contributed by atoms with E-state index >= 15 is 0 Å². The van der Waals surface area contributed by atoms with Crippen molar-refractivity contribution >= 4 is 28.2 Å². The second-order valence-electron chi connectivity index (χ2n) is 4.21. The molecule has 104 valence electrons. The molecule has 0 spiro atoms. The van der Waals surface area contributed by atoms with Crippen LogP contribution in [0.25, 0.3) is 10.9 Å². The number of fused-ring (bicyclic) bond motifs is 1. The van der Waals surface area contributed by atoms with Crippen molar-refractivity contribution < 1.29 is 14.8 Å². The van der Waals surface area contributed by atoms with Gasteiger partial charge >= 0.3 is 5.97 Å². The Hall–Kier alpha value is -2.70. The summed E-state index contributed by atoms with van der Waals surface area (Å²) in [7, 11) is 0. The molecule has 2 aromatic rings. The van der Waals surface area contributed by atoms with Crippen molar-refractivity contribution in [3.8, 4) is 0 Å². The van der Waals surface area contributed by atoms with Gasteiger partial charge in [0.05, 0.1) is 4.92 Å². The highest BCUT2D eigenvalue weighted by atomic mass is 16.6. The number of carbonyl (C=O) groups is 1. The third-order valence-electron chi connectivity index (χ3n) is 2.83. The molecule has 0 aliphatic rings. The summed E-state index contributed by atoms with van der Waals surface area (Å²) in [6.07, 6.45) is 2.05. The molecular formula is C13H13N3O4. The number of hydrogen-bond acceptors (Lipinski definition) is 5. The molecular weight excluding hydrogens is 262 g/mol. The Morgan fingerprint density at radius 3 is 2.90 bits per heavy atom. The molecule has 0 aliphatic carbocycles. The van der Waals surface area contributed by atoms with E-state index in [1.807, 2.05) is 0 Å². The molecule has 0 fully saturated rings. The van der Waals surface area contributed by atoms with Crippen LogP contribution < -0.4 is 5.32 Å². The molecule has 0 saturated heterocycles. The van der Waals surface area contributed by atoms with Crippen LogP contribution in [0.1, 0.15) is 12.8 Å². The Kier molecular flexibility index (Phi) is 4.09. The minimum Gasteiger partial charge on any atom is -0.481 e. The molecule has 7 heteroatoms. The zero-order chi connectivity index (χ0) is 14.5. The van der Waals surface area contributed by atoms with E-state index in [0.29, 0.717) is 29.6 Å². The van der Waals surface area contributed by atoms with Crippen LogP contribution in [0.3, 0.4) is 0 Å². The van der Waals surface area contributed by atoms with Crippen LogP contribution in [0, 0.1) is 10.1 Å². The topological polar surface area (TPSA) is 105 Å². The fraction of sp³-hybridized carbons (Fsp3) is 0.231. The van der Waals surface area contributed by atoms with E-state index in [2.05, 4.69) is 10.3 Å². The molecule has 1 aromatic heterocycles. The molecule has 0 amide bonds. The SMILES string of the molecule is O=C(O)CCCNc1ccnc2c([N+](=O)[O-])cccc12. The van der Waals surface area contributed by atoms with Crippen molar-refractivity contribution in [1.82, 2.24) is 4.98 Å². The number of nitro groups is 1. The minimum absolute atomic E-state index is 0.0447. The third kappa shape index (κ3) is 3.00. The van der Waals surface area contributed by atoms with Crippen molar-refractivity contribution in [1.29, 1.82) is 0 Å². The van der Waals surface area contributed by atoms with E-state index in [-0.39, 0.29) is 12.1 Å². The lowest BCUT2D eigenvalue weighted by Crippen LogP contribution is -2.05. The number of nitrogens with zero attached hydrogens (tertiary/aromatic N) is 2. The van der Waals surface area contributed by atoms with Gasteiger partial charge in [0, 0.05) is 36.3 Å². The van der Waals surface area contributed by atoms with Crippen LogP contribution in [0.4, 0.5) is 11.4 Å². The lowest BCUT2D eigenvalue weighted by molar-refractivity contribution is -0.383. The van der Waals surface area contributed by atoms with Gasteiger partial charge in [0.1, 0.15) is 5.52 Å². The standard InChI is InChI=1S/C13H13N3O4/c17-12(18)5-2-7-14-10-6-8-15-13-9(10)3-1-4-11(13)16(19)20/h1,3-4,6,8H,2,5,7H2,(H,14,15)(H,17,18). The number of benzene rings is 1. The number of aromatic nitrogens is 1. The molecule has 1 aromatic carbocycles. The van der Waals surface area contributed by atoms with Gasteiger partial charge in [-0.05, 0) is 12.5 Å². The van der Waals surface area contributed by atoms with Gasteiger partial charge in [-0.25, -0.2) is 4.98 Å². The van der Waals surface area contributed by atoms with Crippen molar-refractivity contribution in [2.45, 2.75) is 12.8 Å². The van der Waals surface area contributed by atoms with E-state index < -0.39 is 10.9 Å². The monoisotopic (exact) mass is 275 g/mol. The molecule has 20 heavy (non-hydrogen) atoms. The maximum absolute atomic E-state index is 10.9. The number of para-hydroxylation sites is 1. The van der Waals surface area contributed by atoms with Crippen LogP contribution in [0.15, 0.2) is 30.5 Å². The molecule has 0 bridgehead atoms. The van der Waals surface area contributed by atoms with Gasteiger partial charge in [0.2, 0.25) is 0 Å². The Bertz CT molecular complexity index is 657. The maximum Gasteiger partial charge on any atom is 0.303 e. The summed E-state index contributed by atoms with van der Waals surface area (Å²) in [5.74, 6) is -0.845. The van der Waals surface area contributed by atoms with Gasteiger partial charge in [-0.3, -0.25) is 14.9 Å². The average molecular weight is 275 g/mol. The molecule has 0 aliphatic heterocycles. The number of non-ortho nitro benzene ring substituents is 1. The summed E-state index contributed by atoms with van der Waals surface area (Å²) < 4.78 is 0. The number of rotatable bonds is 6. The van der Waals surface area contributed by atoms with Crippen LogP contribution in [0.5, 0.6) is 0 Å². The molecule has 7 nitrogen and oxygen atoms in total. The number of carboxylic acid groups (broad SMARTS) is 1. The number of nitrogens with one attached hydrogen (secondary N) is 1. The maximum atomic E-state index is 10.9. The van der Waals surface area contributed by atoms with Gasteiger partial charge in [-0.1, -0.05) is 12.1 Å². The fourth-order valence-corrected chi connectivity index (χ4v) is 1.92. The van der Waals surface area contributed by atoms with E-state index in [4.69, 9.17) is 5.11 Å². The summed E-state index contributed by atoms with van der Waals surface area (Å²) in [6.45, 7) is 0.480. The Morgan fingerprint density at radius 2 is 2.20 bits per heavy atom. The summed E-state index contributed by atoms with van der Waals surface area (Å²) in [5.41, 5.74) is 0.988. The predicted octanol–water partition coefficient (Wildman–Crippen LogP) is 2.42. The number of hydrogen-bond donors (Lipinski definition) is 2. The molecule has 0 radical (unpaired) electrons. The van der Waals surface area contributed by atoms with Crippen LogP contribution in [-0.2, 0) is 4.79 Å². The molecule has 0 saturated carbocycles. The molecule has 0 atom stereocenters. The summed E-state index contributed by atoms with van der Waals surface area (Å²) >= 11 is 0. The smallest absolute Gasteiger partial charge is 0.303 e. The summed E-state index contributed by atoms with van der Waals surface area (Å²) in [5, 5.41) is 23.2. The van der Waals surface area contributed by atoms with Gasteiger partial charge in [0.15, 0.2) is 0 Å². The van der Waals surface area contributed by atoms with E-state index in [0.717, 1.165) is 0 Å². The van der Waals surface area contributed by atoms with Gasteiger partial charge < -0.3 is 10.4 Å². The summed E-state index contributed by atoms with van der Waals surface area (Å²) in [6, 6.07) is 6.47. The van der Waals surface area contributed by atoms with Crippen molar-refractivity contribution in [3.05, 3.63) is 40.6 Å². The lowest BCUT2D eigenvalue weighted by atomic mass is 10.1. The quantitative estimate of drug-likeness (QED) is 0.476. The highest BCUT2D eigenvalue weighted by molar-refractivity contribution is 5.96. The number of nitro benzene ring substituents is 1. The first-order valence-electron chi connectivity index (χ1n) is 6.07. The highest BCUT2D eigenvalue weighted by Crippen LogP contribution is 2.28. The van der Waals surface area contributed by atoms with Gasteiger partial charge in [-0.2, -0.15) is 0 Å². The number of anilines is 1. The summed E-state index contributed by atoms with van der Waals surface area (Å²) in [4.78, 5) is 24.9. The van der Waals surface area contributed by atoms with E-state index in [9.17, 15) is 14.9 Å². The number of carboxylic acids is 1. The molecule has 2 rings (SSSR count). The molecule has 1 heterocycles. The van der Waals surface area contributed by atoms with Crippen molar-refractivity contribution in [2.24, 2.45) is 0 Å². The first-order chi connectivity index (χ1) is 9.59. The van der Waals surface area contributed by atoms with Crippen molar-refractivity contribution in [3.63, 3.8) is 0 Å². The first-order valence-corrected chi connectivity index (χ1v) is 6.07. The van der Waals surface area contributed by atoms with Gasteiger partial charge in [0.25, 0.3) is 5.69 Å². The Balaban J connectivity index is 2.24. The zero-order valence-corrected chi connectivity index (χ0v) is 10.6. The van der Waals surface area contributed by atoms with E-state index in [1.165, 1.54) is 12.3 Å². The average Bonchev–Trinajstić information content (AvgIpc) is 2.42. The Morgan fingerprint density at radius 1 is 1.40 bits per heavy atom. The Labute approximate surface area is 114 Å². The highest BCUT2D eigenvalue weighted by Gasteiger charge is 2.14. The van der Waals surface area contributed by atoms with E-state index in [1.54, 1.807) is 18.2 Å². The number of aliphatic carboxylic acids is 1. The van der Waals surface area contributed by atoms with Gasteiger partial charge in [-0.15, -0.1) is 0 Å². The third-order valence-corrected chi connectivity index (χ3v) is 2.83. The largest absolute Gasteiger partial charge is 0.481 e. The molecule has 0 unspecified atom stereocenters. The second-order valence-corrected chi connectivity index (χ2v) is 4.21. The predicted molar refractivity (Wildman–Crippen MR) is 73.8 cm³/mol. The fourth-order valence-electron chi connectivity index (χ4n) is 1.92. The lowest BCUT2D eigenvalue weighted by Gasteiger charge is -2.08. The second kappa shape index (κ2) is 5.96. The number of pyridine rings is 1. The van der Waals surface area contributed by atoms with Crippen LogP contribution in [-0.4, -0.2) is 27.5 Å². The van der Waals surface area contributed by atoms with Crippen LogP contribution >= 0.6 is 0 Å². The normalized spacial score (nSPS) is 10.4. The molecule has 2 N–H and O–H groups in total. The zero-order valence-electron chi connectivity index (χ0n) is 10.6. The van der Waals surface area contributed by atoms with Crippen molar-refractivity contribution in [2.75, 3.05) is 11.9 Å². The van der Waals surface area contributed by atoms with Crippen LogP contribution in [0.2, 0.25) is 0 Å². The minimum atomic E-state index is -0.845. The first kappa shape index (κ1) is 13.7.